The predicted octanol–water partition coefficient (Wildman–Crippen LogP) is 2.09. The van der Waals surface area contributed by atoms with E-state index in [4.69, 9.17) is 0 Å². The number of alkyl halides is 3. The summed E-state index contributed by atoms with van der Waals surface area (Å²) in [6.07, 6.45) is -3.32. The summed E-state index contributed by atoms with van der Waals surface area (Å²) in [5.41, 5.74) is -3.59. The highest BCUT2D eigenvalue weighted by Gasteiger charge is 2.58. The van der Waals surface area contributed by atoms with Gasteiger partial charge in [-0.05, 0) is 17.5 Å². The molecule has 0 bridgehead atoms. The van der Waals surface area contributed by atoms with Crippen molar-refractivity contribution in [2.24, 2.45) is 10.2 Å². The molecule has 0 aliphatic carbocycles. The number of halogens is 3. The monoisotopic (exact) mass is 306 g/mol. The first-order chi connectivity index (χ1) is 10.3. The van der Waals surface area contributed by atoms with Crippen LogP contribution in [0.5, 0.6) is 0 Å². The molecule has 2 heterocycles. The molecule has 0 spiro atoms. The SMILES string of the molecule is O=C([O-])C1(C(F)(F)F)C=C(c2nccc3ccccc23)N=N1. The smallest absolute Gasteiger partial charge is 0.424 e. The molecule has 1 aromatic carbocycles. The average molecular weight is 306 g/mol. The molecule has 22 heavy (non-hydrogen) atoms. The van der Waals surface area contributed by atoms with Crippen LogP contribution >= 0.6 is 0 Å². The second-order valence-corrected chi connectivity index (χ2v) is 4.66. The quantitative estimate of drug-likeness (QED) is 0.852. The Morgan fingerprint density at radius 3 is 2.55 bits per heavy atom. The summed E-state index contributed by atoms with van der Waals surface area (Å²) in [5.74, 6) is -2.38. The van der Waals surface area contributed by atoms with Crippen LogP contribution in [-0.4, -0.2) is 22.7 Å². The first kappa shape index (κ1) is 14.2. The van der Waals surface area contributed by atoms with Gasteiger partial charge in [0.2, 0.25) is 5.54 Å². The molecule has 1 aliphatic rings. The number of carboxylic acid groups (broad SMARTS) is 1. The number of carboxylic acids is 1. The van der Waals surface area contributed by atoms with Gasteiger partial charge in [-0.1, -0.05) is 24.3 Å². The minimum atomic E-state index is -5.15. The number of hydrogen-bond acceptors (Lipinski definition) is 5. The molecule has 1 aromatic heterocycles. The second-order valence-electron chi connectivity index (χ2n) is 4.66. The molecule has 0 N–H and O–H groups in total. The minimum Gasteiger partial charge on any atom is -0.547 e. The third kappa shape index (κ3) is 1.95. The van der Waals surface area contributed by atoms with Crippen molar-refractivity contribution < 1.29 is 23.1 Å². The Balaban J connectivity index is 2.20. The molecule has 0 amide bonds. The number of benzene rings is 1. The fourth-order valence-corrected chi connectivity index (χ4v) is 2.18. The summed E-state index contributed by atoms with van der Waals surface area (Å²) in [7, 11) is 0. The van der Waals surface area contributed by atoms with Crippen molar-refractivity contribution in [1.29, 1.82) is 0 Å². The Labute approximate surface area is 121 Å². The van der Waals surface area contributed by atoms with Crippen LogP contribution in [0.25, 0.3) is 16.5 Å². The van der Waals surface area contributed by atoms with Crippen molar-refractivity contribution in [3.63, 3.8) is 0 Å². The molecule has 0 radical (unpaired) electrons. The lowest BCUT2D eigenvalue weighted by molar-refractivity contribution is -0.324. The maximum Gasteiger partial charge on any atom is 0.424 e. The molecule has 5 nitrogen and oxygen atoms in total. The van der Waals surface area contributed by atoms with Crippen LogP contribution in [0.3, 0.4) is 0 Å². The zero-order chi connectivity index (χ0) is 16.0. The molecule has 0 saturated heterocycles. The van der Waals surface area contributed by atoms with E-state index in [2.05, 4.69) is 15.2 Å². The number of pyridine rings is 1. The van der Waals surface area contributed by atoms with Gasteiger partial charge in [-0.2, -0.15) is 23.4 Å². The lowest BCUT2D eigenvalue weighted by Crippen LogP contribution is -2.54. The van der Waals surface area contributed by atoms with E-state index in [-0.39, 0.29) is 11.4 Å². The van der Waals surface area contributed by atoms with Crippen molar-refractivity contribution in [3.05, 3.63) is 48.3 Å². The predicted molar refractivity (Wildman–Crippen MR) is 68.4 cm³/mol. The van der Waals surface area contributed by atoms with Gasteiger partial charge in [-0.15, -0.1) is 0 Å². The van der Waals surface area contributed by atoms with Crippen LogP contribution < -0.4 is 5.11 Å². The maximum atomic E-state index is 13.0. The zero-order valence-corrected chi connectivity index (χ0v) is 10.8. The van der Waals surface area contributed by atoms with Crippen molar-refractivity contribution in [2.75, 3.05) is 0 Å². The molecule has 0 fully saturated rings. The number of azo groups is 1. The minimum absolute atomic E-state index is 0.134. The molecule has 112 valence electrons. The maximum absolute atomic E-state index is 13.0. The summed E-state index contributed by atoms with van der Waals surface area (Å²) < 4.78 is 39.1. The van der Waals surface area contributed by atoms with E-state index < -0.39 is 17.7 Å². The van der Waals surface area contributed by atoms with Crippen molar-refractivity contribution in [2.45, 2.75) is 11.7 Å². The number of rotatable bonds is 2. The number of aliphatic carboxylic acids is 1. The lowest BCUT2D eigenvalue weighted by atomic mass is 9.98. The van der Waals surface area contributed by atoms with Crippen LogP contribution in [0.1, 0.15) is 5.69 Å². The molecule has 1 unspecified atom stereocenters. The Kier molecular flexibility index (Phi) is 2.98. The van der Waals surface area contributed by atoms with Crippen molar-refractivity contribution in [1.82, 2.24) is 4.98 Å². The van der Waals surface area contributed by atoms with Crippen LogP contribution in [0.4, 0.5) is 13.2 Å². The topological polar surface area (TPSA) is 77.7 Å². The fraction of sp³-hybridized carbons (Fsp3) is 0.143. The Morgan fingerprint density at radius 1 is 1.18 bits per heavy atom. The lowest BCUT2D eigenvalue weighted by Gasteiger charge is -2.25. The number of carbonyl (C=O) groups is 1. The van der Waals surface area contributed by atoms with Gasteiger partial charge in [-0.25, -0.2) is 0 Å². The van der Waals surface area contributed by atoms with Crippen LogP contribution in [0, 0.1) is 0 Å². The highest BCUT2D eigenvalue weighted by Crippen LogP contribution is 2.42. The van der Waals surface area contributed by atoms with E-state index in [1.165, 1.54) is 6.20 Å². The molecule has 3 rings (SSSR count). The molecule has 8 heteroatoms. The third-order valence-electron chi connectivity index (χ3n) is 3.32. The number of fused-ring (bicyclic) bond motifs is 1. The van der Waals surface area contributed by atoms with Gasteiger partial charge in [0.1, 0.15) is 5.70 Å². The Bertz CT molecular complexity index is 824. The summed E-state index contributed by atoms with van der Waals surface area (Å²) in [5, 5.41) is 18.5. The van der Waals surface area contributed by atoms with Gasteiger partial charge in [0.05, 0.1) is 11.7 Å². The summed E-state index contributed by atoms with van der Waals surface area (Å²) in [4.78, 5) is 15.0. The zero-order valence-electron chi connectivity index (χ0n) is 10.8. The molecule has 2 aromatic rings. The standard InChI is InChI=1S/C14H8F3N3O2/c15-14(16,17)13(12(21)22)7-10(19-20-13)11-9-4-2-1-3-8(9)5-6-18-11/h1-7H,(H,21,22)/p-1. The van der Waals surface area contributed by atoms with E-state index in [1.807, 2.05) is 0 Å². The van der Waals surface area contributed by atoms with E-state index in [0.717, 1.165) is 5.39 Å². The number of nitrogens with zero attached hydrogens (tertiary/aromatic N) is 3. The van der Waals surface area contributed by atoms with E-state index >= 15 is 0 Å². The average Bonchev–Trinajstić information content (AvgIpc) is 2.93. The fourth-order valence-electron chi connectivity index (χ4n) is 2.18. The summed E-state index contributed by atoms with van der Waals surface area (Å²) >= 11 is 0. The van der Waals surface area contributed by atoms with Gasteiger partial charge >= 0.3 is 6.18 Å². The Hall–Kier alpha value is -2.77. The highest BCUT2D eigenvalue weighted by molar-refractivity contribution is 5.94. The summed E-state index contributed by atoms with van der Waals surface area (Å²) in [6.45, 7) is 0. The number of carbonyl (C=O) groups excluding carboxylic acids is 1. The number of hydrogen-bond donors (Lipinski definition) is 0. The first-order valence-electron chi connectivity index (χ1n) is 6.13. The van der Waals surface area contributed by atoms with E-state index in [0.29, 0.717) is 11.5 Å². The second kappa shape index (κ2) is 4.62. The van der Waals surface area contributed by atoms with Gasteiger partial charge in [0.25, 0.3) is 0 Å². The summed E-state index contributed by atoms with van der Waals surface area (Å²) in [6, 6.07) is 8.54. The normalized spacial score (nSPS) is 21.1. The molecule has 1 aliphatic heterocycles. The van der Waals surface area contributed by atoms with Crippen LogP contribution in [-0.2, 0) is 4.79 Å². The molecular formula is C14H7F3N3O2-. The van der Waals surface area contributed by atoms with Crippen molar-refractivity contribution in [3.8, 4) is 0 Å². The molecular weight excluding hydrogens is 299 g/mol. The van der Waals surface area contributed by atoms with Gasteiger partial charge in [0, 0.05) is 11.6 Å². The number of aromatic nitrogens is 1. The van der Waals surface area contributed by atoms with Gasteiger partial charge in [0.15, 0.2) is 0 Å². The van der Waals surface area contributed by atoms with E-state index in [1.54, 1.807) is 30.3 Å². The van der Waals surface area contributed by atoms with Crippen LogP contribution in [0.15, 0.2) is 52.8 Å². The third-order valence-corrected chi connectivity index (χ3v) is 3.32. The molecule has 1 atom stereocenters. The van der Waals surface area contributed by atoms with E-state index in [9.17, 15) is 23.1 Å². The van der Waals surface area contributed by atoms with Crippen molar-refractivity contribution >= 4 is 22.4 Å². The van der Waals surface area contributed by atoms with Gasteiger partial charge < -0.3 is 9.90 Å². The molecule has 0 saturated carbocycles. The largest absolute Gasteiger partial charge is 0.547 e. The Morgan fingerprint density at radius 2 is 1.91 bits per heavy atom. The highest BCUT2D eigenvalue weighted by atomic mass is 19.4. The first-order valence-corrected chi connectivity index (χ1v) is 6.13. The van der Waals surface area contributed by atoms with Gasteiger partial charge in [-0.3, -0.25) is 4.98 Å². The van der Waals surface area contributed by atoms with Crippen LogP contribution in [0.2, 0.25) is 0 Å².